The van der Waals surface area contributed by atoms with E-state index in [1.165, 1.54) is 22.3 Å². The van der Waals surface area contributed by atoms with Crippen LogP contribution in [0.2, 0.25) is 0 Å². The van der Waals surface area contributed by atoms with Crippen LogP contribution < -0.4 is 0 Å². The van der Waals surface area contributed by atoms with Crippen molar-refractivity contribution in [2.24, 2.45) is 7.05 Å². The Morgan fingerprint density at radius 3 is 2.57 bits per heavy atom. The molecule has 3 aromatic heterocycles. The van der Waals surface area contributed by atoms with Gasteiger partial charge in [-0.05, 0) is 18.6 Å². The van der Waals surface area contributed by atoms with Crippen molar-refractivity contribution < 1.29 is 4.52 Å². The Morgan fingerprint density at radius 1 is 0.933 bits per heavy atom. The van der Waals surface area contributed by atoms with Crippen LogP contribution in [0.25, 0.3) is 45.0 Å². The van der Waals surface area contributed by atoms with Gasteiger partial charge in [0.2, 0.25) is 0 Å². The Hall–Kier alpha value is -3.93. The molecule has 0 saturated carbocycles. The minimum atomic E-state index is 0.781. The smallest absolute Gasteiger partial charge is 0.143 e. The summed E-state index contributed by atoms with van der Waals surface area (Å²) in [5, 5.41) is 16.7. The highest BCUT2D eigenvalue weighted by atomic mass is 16.5. The lowest BCUT2D eigenvalue weighted by atomic mass is 9.98. The first-order valence-corrected chi connectivity index (χ1v) is 9.92. The summed E-state index contributed by atoms with van der Waals surface area (Å²) in [6, 6.07) is 18.6. The van der Waals surface area contributed by atoms with Gasteiger partial charge in [-0.25, -0.2) is 0 Å². The number of fused-ring (bicyclic) bond motifs is 3. The van der Waals surface area contributed by atoms with Gasteiger partial charge >= 0.3 is 0 Å². The van der Waals surface area contributed by atoms with Crippen LogP contribution in [0, 0.1) is 6.92 Å². The van der Waals surface area contributed by atoms with Crippen molar-refractivity contribution in [3.63, 3.8) is 0 Å². The Labute approximate surface area is 173 Å². The summed E-state index contributed by atoms with van der Waals surface area (Å²) in [7, 11) is 1.97. The molecule has 3 heterocycles. The Balaban J connectivity index is 1.51. The molecular formula is C24H19N5O. The number of hydrogen-bond acceptors (Lipinski definition) is 4. The number of nitrogens with zero attached hydrogens (tertiary/aromatic N) is 4. The van der Waals surface area contributed by atoms with Gasteiger partial charge in [-0.15, -0.1) is 0 Å². The summed E-state index contributed by atoms with van der Waals surface area (Å²) in [6.45, 7) is 1.95. The van der Waals surface area contributed by atoms with Gasteiger partial charge in [0.25, 0.3) is 0 Å². The van der Waals surface area contributed by atoms with Gasteiger partial charge in [0.15, 0.2) is 0 Å². The van der Waals surface area contributed by atoms with E-state index in [0.717, 1.165) is 46.1 Å². The Morgan fingerprint density at radius 2 is 1.77 bits per heavy atom. The lowest BCUT2D eigenvalue weighted by Crippen LogP contribution is -1.97. The molecule has 2 aromatic carbocycles. The zero-order valence-electron chi connectivity index (χ0n) is 16.7. The number of rotatable bonds is 3. The SMILES string of the molecule is Cc1onc(-c2ccccc2)c1-c1[nH]nc2c1Cc1c-2cccc1-c1ccnn1C. The largest absolute Gasteiger partial charge is 0.360 e. The summed E-state index contributed by atoms with van der Waals surface area (Å²) in [6.07, 6.45) is 2.64. The van der Waals surface area contributed by atoms with E-state index in [2.05, 4.69) is 39.6 Å². The van der Waals surface area contributed by atoms with E-state index in [0.29, 0.717) is 0 Å². The molecule has 0 unspecified atom stereocenters. The van der Waals surface area contributed by atoms with Gasteiger partial charge in [0.1, 0.15) is 11.5 Å². The predicted octanol–water partition coefficient (Wildman–Crippen LogP) is 5.01. The van der Waals surface area contributed by atoms with Crippen LogP contribution in [0.4, 0.5) is 0 Å². The molecule has 0 radical (unpaired) electrons. The topological polar surface area (TPSA) is 72.5 Å². The first-order valence-electron chi connectivity index (χ1n) is 9.92. The number of hydrogen-bond donors (Lipinski definition) is 1. The molecular weight excluding hydrogens is 374 g/mol. The highest BCUT2D eigenvalue weighted by molar-refractivity contribution is 5.89. The molecule has 1 aliphatic rings. The van der Waals surface area contributed by atoms with Crippen LogP contribution in [0.3, 0.4) is 0 Å². The van der Waals surface area contributed by atoms with Crippen LogP contribution in [-0.2, 0) is 13.5 Å². The van der Waals surface area contributed by atoms with Crippen molar-refractivity contribution in [2.75, 3.05) is 0 Å². The zero-order chi connectivity index (χ0) is 20.2. The average molecular weight is 393 g/mol. The third-order valence-electron chi connectivity index (χ3n) is 5.91. The molecule has 1 aliphatic carbocycles. The highest BCUT2D eigenvalue weighted by Crippen LogP contribution is 2.45. The molecule has 0 spiro atoms. The van der Waals surface area contributed by atoms with Gasteiger partial charge in [0.05, 0.1) is 22.6 Å². The number of benzene rings is 2. The fourth-order valence-corrected chi connectivity index (χ4v) is 4.48. The molecule has 0 bridgehead atoms. The van der Waals surface area contributed by atoms with E-state index < -0.39 is 0 Å². The van der Waals surface area contributed by atoms with E-state index >= 15 is 0 Å². The van der Waals surface area contributed by atoms with E-state index in [-0.39, 0.29) is 0 Å². The van der Waals surface area contributed by atoms with Crippen molar-refractivity contribution in [1.29, 1.82) is 0 Å². The molecule has 1 N–H and O–H groups in total. The second-order valence-electron chi connectivity index (χ2n) is 7.60. The summed E-state index contributed by atoms with van der Waals surface area (Å²) in [5.41, 5.74) is 10.8. The third kappa shape index (κ3) is 2.33. The minimum absolute atomic E-state index is 0.781. The molecule has 30 heavy (non-hydrogen) atoms. The van der Waals surface area contributed by atoms with E-state index in [1.807, 2.05) is 55.2 Å². The number of aromatic amines is 1. The van der Waals surface area contributed by atoms with Crippen molar-refractivity contribution in [3.05, 3.63) is 77.7 Å². The van der Waals surface area contributed by atoms with E-state index in [1.54, 1.807) is 0 Å². The van der Waals surface area contributed by atoms with Crippen LogP contribution in [0.1, 0.15) is 16.9 Å². The van der Waals surface area contributed by atoms with Crippen molar-refractivity contribution in [3.8, 4) is 45.0 Å². The molecule has 0 saturated heterocycles. The Bertz CT molecular complexity index is 1390. The standard InChI is InChI=1S/C24H19N5O/c1-14-21(22(28-30-14)15-7-4-3-5-8-15)24-19-13-18-16(20-11-12-25-29(20)2)9-6-10-17(18)23(19)26-27-24/h3-12H,13H2,1-2H3,(H,26,27). The van der Waals surface area contributed by atoms with Crippen molar-refractivity contribution >= 4 is 0 Å². The van der Waals surface area contributed by atoms with Gasteiger partial charge < -0.3 is 4.52 Å². The monoisotopic (exact) mass is 393 g/mol. The zero-order valence-corrected chi connectivity index (χ0v) is 16.7. The van der Waals surface area contributed by atoms with Gasteiger partial charge in [-0.2, -0.15) is 10.2 Å². The van der Waals surface area contributed by atoms with Crippen molar-refractivity contribution in [1.82, 2.24) is 25.1 Å². The summed E-state index contributed by atoms with van der Waals surface area (Å²) in [4.78, 5) is 0. The molecule has 5 aromatic rings. The summed E-state index contributed by atoms with van der Waals surface area (Å²) >= 11 is 0. The molecule has 6 heteroatoms. The fourth-order valence-electron chi connectivity index (χ4n) is 4.48. The molecule has 6 rings (SSSR count). The van der Waals surface area contributed by atoms with Crippen molar-refractivity contribution in [2.45, 2.75) is 13.3 Å². The average Bonchev–Trinajstić information content (AvgIpc) is 3.52. The first-order chi connectivity index (χ1) is 14.7. The number of nitrogens with one attached hydrogen (secondary N) is 1. The van der Waals surface area contributed by atoms with Crippen LogP contribution in [0.5, 0.6) is 0 Å². The second-order valence-corrected chi connectivity index (χ2v) is 7.60. The Kier molecular flexibility index (Phi) is 3.56. The summed E-state index contributed by atoms with van der Waals surface area (Å²) in [5.74, 6) is 0.781. The van der Waals surface area contributed by atoms with Gasteiger partial charge in [0, 0.05) is 41.9 Å². The lowest BCUT2D eigenvalue weighted by Gasteiger charge is -2.09. The predicted molar refractivity (Wildman–Crippen MR) is 115 cm³/mol. The lowest BCUT2D eigenvalue weighted by molar-refractivity contribution is 0.400. The number of aryl methyl sites for hydroxylation is 2. The van der Waals surface area contributed by atoms with Gasteiger partial charge in [-0.3, -0.25) is 9.78 Å². The first kappa shape index (κ1) is 17.0. The maximum Gasteiger partial charge on any atom is 0.143 e. The maximum atomic E-state index is 5.60. The molecule has 146 valence electrons. The second kappa shape index (κ2) is 6.29. The fraction of sp³-hybridized carbons (Fsp3) is 0.125. The minimum Gasteiger partial charge on any atom is -0.360 e. The third-order valence-corrected chi connectivity index (χ3v) is 5.91. The molecule has 6 nitrogen and oxygen atoms in total. The molecule has 0 amide bonds. The van der Waals surface area contributed by atoms with E-state index in [4.69, 9.17) is 9.62 Å². The molecule has 0 atom stereocenters. The number of H-pyrrole nitrogens is 1. The van der Waals surface area contributed by atoms with Crippen LogP contribution in [-0.4, -0.2) is 25.1 Å². The summed E-state index contributed by atoms with van der Waals surface area (Å²) < 4.78 is 7.51. The quantitative estimate of drug-likeness (QED) is 0.459. The number of aromatic nitrogens is 5. The van der Waals surface area contributed by atoms with Gasteiger partial charge in [-0.1, -0.05) is 53.7 Å². The van der Waals surface area contributed by atoms with Crippen LogP contribution in [0.15, 0.2) is 65.3 Å². The highest BCUT2D eigenvalue weighted by Gasteiger charge is 2.30. The molecule has 0 fully saturated rings. The van der Waals surface area contributed by atoms with E-state index in [9.17, 15) is 0 Å². The normalized spacial score (nSPS) is 12.2. The molecule has 0 aliphatic heterocycles. The maximum absolute atomic E-state index is 5.60. The van der Waals surface area contributed by atoms with Crippen LogP contribution >= 0.6 is 0 Å².